The number of ether oxygens (including phenoxy) is 1. The number of nitrogens with two attached hydrogens (primary N) is 4. The van der Waals surface area contributed by atoms with Crippen LogP contribution in [0.4, 0.5) is 28.4 Å². The number of rotatable bonds is 9. The first-order valence-corrected chi connectivity index (χ1v) is 29.7. The smallest absolute Gasteiger partial charge is 0.342 e. The van der Waals surface area contributed by atoms with E-state index in [1.165, 1.54) is 127 Å². The minimum absolute atomic E-state index is 0.0509. The normalized spacial score (nSPS) is 13.4. The molecule has 5 aromatic rings. The van der Waals surface area contributed by atoms with Gasteiger partial charge in [0.15, 0.2) is 0 Å². The second-order valence-electron chi connectivity index (χ2n) is 19.6. The summed E-state index contributed by atoms with van der Waals surface area (Å²) in [5, 5.41) is 62.8. The highest BCUT2D eigenvalue weighted by molar-refractivity contribution is 6.68. The summed E-state index contributed by atoms with van der Waals surface area (Å²) in [4.78, 5) is 92.3. The van der Waals surface area contributed by atoms with E-state index in [-0.39, 0.29) is 48.8 Å². The van der Waals surface area contributed by atoms with Crippen LogP contribution in [0, 0.1) is 60.2 Å². The number of hydrogen-bond donors (Lipinski definition) is 9. The Labute approximate surface area is 541 Å². The number of nitrogens with zero attached hydrogens (tertiary/aromatic N) is 4. The Morgan fingerprint density at radius 1 is 0.500 bits per heavy atom. The lowest BCUT2D eigenvalue weighted by molar-refractivity contribution is -0.385. The van der Waals surface area contributed by atoms with E-state index in [0.29, 0.717) is 11.3 Å². The third kappa shape index (κ3) is 35.9. The average Bonchev–Trinajstić information content (AvgIpc) is 1.86. The topological polar surface area (TPSA) is 440 Å². The number of carbonyl (C=O) groups is 5. The number of aryl methyl sites for hydroxylation is 2. The van der Waals surface area contributed by atoms with E-state index in [0.717, 1.165) is 73.7 Å². The van der Waals surface area contributed by atoms with Crippen LogP contribution in [0.15, 0.2) is 91.0 Å². The number of nitro groups is 4. The number of carboxylic acids is 1. The van der Waals surface area contributed by atoms with Gasteiger partial charge in [0.05, 0.1) is 38.5 Å². The van der Waals surface area contributed by atoms with Crippen molar-refractivity contribution in [1.29, 1.82) is 0 Å². The van der Waals surface area contributed by atoms with Crippen LogP contribution in [0.5, 0.6) is 0 Å². The molecule has 3 amide bonds. The van der Waals surface area contributed by atoms with Crippen LogP contribution in [-0.2, 0) is 4.74 Å². The minimum Gasteiger partial charge on any atom is -0.477 e. The average molecular weight is 1340 g/mol. The van der Waals surface area contributed by atoms with Gasteiger partial charge in [0.1, 0.15) is 22.3 Å². The van der Waals surface area contributed by atoms with Crippen molar-refractivity contribution in [3.8, 4) is 0 Å². The Morgan fingerprint density at radius 2 is 0.811 bits per heavy atom. The summed E-state index contributed by atoms with van der Waals surface area (Å²) in [5.41, 5.74) is 20.8. The number of nitro benzene ring substituents is 4. The summed E-state index contributed by atoms with van der Waals surface area (Å²) in [6, 6.07) is 20.1. The Kier molecular flexibility index (Phi) is 42.9. The van der Waals surface area contributed by atoms with Gasteiger partial charge in [-0.2, -0.15) is 0 Å². The van der Waals surface area contributed by atoms with Gasteiger partial charge < -0.3 is 54.0 Å². The Morgan fingerprint density at radius 3 is 1.10 bits per heavy atom. The molecule has 0 aromatic heterocycles. The number of anilines is 1. The summed E-state index contributed by atoms with van der Waals surface area (Å²) in [6.45, 7) is 21.5. The monoisotopic (exact) mass is 1340 g/mol. The van der Waals surface area contributed by atoms with Crippen molar-refractivity contribution in [2.24, 2.45) is 23.1 Å². The number of piperidine rings is 2. The van der Waals surface area contributed by atoms with E-state index in [9.17, 15) is 64.4 Å². The maximum Gasteiger partial charge on any atom is 0.342 e. The number of carboxylic acid groups (broad SMARTS) is 1. The highest BCUT2D eigenvalue weighted by Gasteiger charge is 2.21. The minimum atomic E-state index is -1.37. The van der Waals surface area contributed by atoms with Gasteiger partial charge in [-0.3, -0.25) is 59.6 Å². The molecular weight excluding hydrogens is 1260 g/mol. The van der Waals surface area contributed by atoms with Crippen LogP contribution in [-0.4, -0.2) is 119 Å². The molecule has 0 spiro atoms. The second-order valence-corrected chi connectivity index (χ2v) is 21.2. The van der Waals surface area contributed by atoms with Gasteiger partial charge in [-0.05, 0) is 169 Å². The molecule has 4 heterocycles. The lowest BCUT2D eigenvalue weighted by Gasteiger charge is -2.17. The van der Waals surface area contributed by atoms with E-state index < -0.39 is 59.9 Å². The number of amides is 3. The van der Waals surface area contributed by atoms with Crippen molar-refractivity contribution in [2.75, 3.05) is 71.3 Å². The lowest BCUT2D eigenvalue weighted by Crippen LogP contribution is -2.30. The fraction of sp³-hybridized carbons (Fsp3) is 0.407. The number of halogens is 4. The van der Waals surface area contributed by atoms with Crippen LogP contribution in [0.25, 0.3) is 0 Å². The van der Waals surface area contributed by atoms with Crippen molar-refractivity contribution in [2.45, 2.75) is 86.0 Å². The second kappa shape index (κ2) is 47.0. The van der Waals surface area contributed by atoms with Gasteiger partial charge in [-0.15, -0.1) is 0 Å². The molecule has 0 atom stereocenters. The molecule has 0 unspecified atom stereocenters. The molecule has 0 saturated carbocycles. The molecule has 9 rings (SSSR count). The molecule has 4 aliphatic heterocycles. The Balaban J connectivity index is 0.000001000. The van der Waals surface area contributed by atoms with E-state index in [1.807, 2.05) is 13.0 Å². The highest BCUT2D eigenvalue weighted by atomic mass is 35.5. The summed E-state index contributed by atoms with van der Waals surface area (Å²) in [5.74, 6) is -2.52. The number of nitrogen functional groups attached to an aromatic ring is 1. The number of aromatic carboxylic acids is 1. The summed E-state index contributed by atoms with van der Waals surface area (Å²) >= 11 is 21.7. The third-order valence-corrected chi connectivity index (χ3v) is 12.8. The predicted molar refractivity (Wildman–Crippen MR) is 350 cm³/mol. The first-order valence-electron chi connectivity index (χ1n) is 28.2. The maximum atomic E-state index is 10.8. The molecule has 5 aromatic carbocycles. The Bertz CT molecular complexity index is 2770. The highest BCUT2D eigenvalue weighted by Crippen LogP contribution is 2.26. The van der Waals surface area contributed by atoms with E-state index in [2.05, 4.69) is 42.0 Å². The SMILES string of the molecule is C1CCNC1.C1CCNCC1.C1COCCN1.CC1CCNCC1.CCC.Cc1ccc(N)c(C(N)=O)c1.Cc1ccc([N+](=O)[O-])c(C(N)=O)c1.NC(=O)c1cc(Cl)ccc1[N+](=O)[O-].O=C(Cl)c1cc(Cl)ccc1[N+](=O)[O-].O=C(O)c1cc(Cl)ccc1[N+](=O)[O-]. The predicted octanol–water partition coefficient (Wildman–Crippen LogP) is 10.8. The van der Waals surface area contributed by atoms with E-state index in [4.69, 9.17) is 79.2 Å². The number of carbonyl (C=O) groups excluding carboxylic acids is 4. The number of hydrogen-bond acceptors (Lipinski definition) is 19. The van der Waals surface area contributed by atoms with Crippen molar-refractivity contribution < 1.29 is 53.5 Å². The molecule has 27 nitrogen and oxygen atoms in total. The van der Waals surface area contributed by atoms with Gasteiger partial charge in [-0.25, -0.2) is 4.79 Å². The van der Waals surface area contributed by atoms with Crippen molar-refractivity contribution in [1.82, 2.24) is 21.3 Å². The van der Waals surface area contributed by atoms with Crippen LogP contribution >= 0.6 is 46.4 Å². The van der Waals surface area contributed by atoms with Gasteiger partial charge in [-0.1, -0.05) is 86.1 Å². The molecule has 0 radical (unpaired) electrons. The molecule has 494 valence electrons. The van der Waals surface area contributed by atoms with Gasteiger partial charge >= 0.3 is 5.97 Å². The number of benzene rings is 5. The molecule has 4 aliphatic rings. The zero-order chi connectivity index (χ0) is 68.3. The lowest BCUT2D eigenvalue weighted by atomic mass is 10.0. The van der Waals surface area contributed by atoms with Crippen molar-refractivity contribution >= 4 is 104 Å². The number of primary amides is 3. The molecule has 13 N–H and O–H groups in total. The molecular formula is C59H80Cl4N12O15. The van der Waals surface area contributed by atoms with E-state index in [1.54, 1.807) is 25.1 Å². The fourth-order valence-electron chi connectivity index (χ4n) is 7.33. The van der Waals surface area contributed by atoms with Crippen LogP contribution in [0.3, 0.4) is 0 Å². The fourth-order valence-corrected chi connectivity index (χ4v) is 7.99. The first-order chi connectivity index (χ1) is 42.5. The maximum absolute atomic E-state index is 10.8. The summed E-state index contributed by atoms with van der Waals surface area (Å²) < 4.78 is 5.01. The van der Waals surface area contributed by atoms with E-state index >= 15 is 0 Å². The molecule has 90 heavy (non-hydrogen) atoms. The zero-order valence-electron chi connectivity index (χ0n) is 50.7. The standard InChI is InChI=1S/C8H8N2O3.C8H10N2O.C7H3Cl2NO3.C7H5ClN2O3.C7H4ClNO4.C6H13N.C5H11N.C4H9NO.C4H9N.C3H8/c1-5-2-3-7(10(12)13)6(4-5)8(9)11;1-5-2-3-7(9)6(4-5)8(10)11;2*8-4-1-2-6(10(12)13)5(3-4)7(9)11;8-4-1-2-6(9(12)13)5(3-4)7(10)11;1-6-2-4-7-5-3-6;1-2-4-6-5-3-1;1-3-6-4-2-5-1;1-2-4-5-3-1;1-3-2/h2-4H,1H3,(H2,9,11);2-4H,9H2,1H3,(H2,10,11);1-3H;1-3H,(H2,9,11);1-3H,(H,10,11);6-7H,2-5H2,1H3;6H,1-5H2;5H,1-4H2;5H,1-4H2;3H2,1-2H3. The molecule has 31 heteroatoms. The third-order valence-electron chi connectivity index (χ3n) is 11.9. The largest absolute Gasteiger partial charge is 0.477 e. The number of morpholine rings is 1. The Hall–Kier alpha value is -7.99. The van der Waals surface area contributed by atoms with Crippen molar-refractivity contribution in [3.05, 3.63) is 185 Å². The quantitative estimate of drug-likeness (QED) is 0.0286. The summed E-state index contributed by atoms with van der Waals surface area (Å²) in [6.07, 6.45) is 11.0. The zero-order valence-corrected chi connectivity index (χ0v) is 53.8. The molecule has 0 aliphatic carbocycles. The van der Waals surface area contributed by atoms with Crippen LogP contribution in [0.2, 0.25) is 15.1 Å². The van der Waals surface area contributed by atoms with Gasteiger partial charge in [0.25, 0.3) is 45.7 Å². The first kappa shape index (κ1) is 82.0. The van der Waals surface area contributed by atoms with Crippen LogP contribution in [0.1, 0.15) is 135 Å². The molecule has 4 saturated heterocycles. The van der Waals surface area contributed by atoms with Crippen molar-refractivity contribution in [3.63, 3.8) is 0 Å². The van der Waals surface area contributed by atoms with Crippen LogP contribution < -0.4 is 44.2 Å². The van der Waals surface area contributed by atoms with Gasteiger partial charge in [0, 0.05) is 58.1 Å². The summed E-state index contributed by atoms with van der Waals surface area (Å²) in [7, 11) is 0. The molecule has 4 fully saturated rings. The number of nitrogens with one attached hydrogen (secondary N) is 4. The molecule has 0 bridgehead atoms. The van der Waals surface area contributed by atoms with Gasteiger partial charge in [0.2, 0.25) is 0 Å².